The third-order valence-electron chi connectivity index (χ3n) is 9.48. The quantitative estimate of drug-likeness (QED) is 0.270. The number of methoxy groups -OCH3 is 2. The van der Waals surface area contributed by atoms with E-state index in [-0.39, 0.29) is 24.8 Å². The van der Waals surface area contributed by atoms with Gasteiger partial charge >= 0.3 is 283 Å². The zero-order valence-electron chi connectivity index (χ0n) is 27.1. The Hall–Kier alpha value is -3.77. The number of nitrogens with zero attached hydrogens (tertiary/aromatic N) is 4. The van der Waals surface area contributed by atoms with Crippen LogP contribution in [-0.4, -0.2) is 64.4 Å². The Balaban J connectivity index is 1.79. The van der Waals surface area contributed by atoms with Crippen LogP contribution in [0.2, 0.25) is 0 Å². The van der Waals surface area contributed by atoms with Crippen molar-refractivity contribution < 1.29 is 19.1 Å². The monoisotopic (exact) mass is 828 g/mol. The van der Waals surface area contributed by atoms with E-state index in [2.05, 4.69) is 69.9 Å². The van der Waals surface area contributed by atoms with Crippen molar-refractivity contribution in [2.24, 2.45) is 9.98 Å². The summed E-state index contributed by atoms with van der Waals surface area (Å²) in [5.41, 5.74) is 13.4. The molecule has 8 nitrogen and oxygen atoms in total. The van der Waals surface area contributed by atoms with Gasteiger partial charge in [-0.15, -0.1) is 0 Å². The first-order valence-electron chi connectivity index (χ1n) is 15.3. The second-order valence-corrected chi connectivity index (χ2v) is 21.6. The summed E-state index contributed by atoms with van der Waals surface area (Å²) in [7, 11) is 10.7. The molecule has 0 radical (unpaired) electrons. The number of carbonyl (C=O) groups is 2. The van der Waals surface area contributed by atoms with E-state index in [4.69, 9.17) is 27.8 Å². The first-order chi connectivity index (χ1) is 22.0. The second-order valence-electron chi connectivity index (χ2n) is 11.8. The van der Waals surface area contributed by atoms with Crippen LogP contribution in [0.1, 0.15) is 66.8 Å². The first-order valence-corrected chi connectivity index (χ1v) is 24.8. The van der Waals surface area contributed by atoms with Crippen molar-refractivity contribution in [2.45, 2.75) is 53.4 Å². The predicted molar refractivity (Wildman–Crippen MR) is 187 cm³/mol. The Morgan fingerprint density at radius 2 is 1.41 bits per heavy atom. The molecule has 6 heterocycles. The number of hydrogen-bond donors (Lipinski definition) is 0. The molecule has 0 aliphatic carbocycles. The number of ether oxygens (including phenoxy) is 2. The van der Waals surface area contributed by atoms with Gasteiger partial charge in [-0.1, -0.05) is 0 Å². The fraction of sp³-hybridized carbons (Fsp3) is 0.278. The average molecular weight is 829 g/mol. The van der Waals surface area contributed by atoms with Crippen LogP contribution in [0.5, 0.6) is 0 Å². The summed E-state index contributed by atoms with van der Waals surface area (Å²) < 4.78 is 14.7. The predicted octanol–water partition coefficient (Wildman–Crippen LogP) is 5.23. The van der Waals surface area contributed by atoms with Crippen LogP contribution >= 0.6 is 8.32 Å². The Bertz CT molecular complexity index is 2100. The van der Waals surface area contributed by atoms with Gasteiger partial charge in [-0.25, -0.2) is 0 Å². The average Bonchev–Trinajstić information content (AvgIpc) is 3.68. The number of carbonyl (C=O) groups excluding carboxylic acids is 2. The van der Waals surface area contributed by atoms with Crippen LogP contribution < -0.4 is 10.7 Å². The first kappa shape index (κ1) is 32.2. The standard InChI is InChI=1S/C36H36N4O4.ClH.Tl/c1-9-23-19(3)27-15-28-21(5)25(11-13-35(41)43-7)33(39-28)18-34-26(12-14-36(42)44-8)22(6)30(40-34)17-32-24(10-2)20(4)29(38-32)16-31(23)37-27;;/h9-10,15-18H,1-2,11-14H2,3-8H3;1H;/q-2;;+3/p-1. The minimum atomic E-state index is -3.78. The third kappa shape index (κ3) is 5.10. The van der Waals surface area contributed by atoms with Crippen LogP contribution in [0.3, 0.4) is 0 Å². The van der Waals surface area contributed by atoms with Crippen molar-refractivity contribution in [3.05, 3.63) is 97.3 Å². The Morgan fingerprint density at radius 3 is 2.07 bits per heavy atom. The second kappa shape index (κ2) is 12.4. The molecular weight excluding hydrogens is 792 g/mol. The Labute approximate surface area is 281 Å². The maximum atomic E-state index is 12.4. The molecule has 0 saturated heterocycles. The molecule has 46 heavy (non-hydrogen) atoms. The summed E-state index contributed by atoms with van der Waals surface area (Å²) in [6, 6.07) is 0. The number of allylic oxidation sites excluding steroid dienone is 5. The molecule has 0 aromatic carbocycles. The molecule has 4 aliphatic rings. The molecule has 10 heteroatoms. The number of halogens is 1. The van der Waals surface area contributed by atoms with Gasteiger partial charge in [0.25, 0.3) is 0 Å². The van der Waals surface area contributed by atoms with Gasteiger partial charge in [0.2, 0.25) is 0 Å². The third-order valence-corrected chi connectivity index (χ3v) is 20.5. The van der Waals surface area contributed by atoms with Gasteiger partial charge in [0.1, 0.15) is 0 Å². The van der Waals surface area contributed by atoms with Crippen LogP contribution in [0.15, 0.2) is 62.9 Å². The zero-order chi connectivity index (χ0) is 33.0. The SMILES string of the molecule is C=CC1=C(C)C2=Cc3c(C=C)c(C)c4[n]3[Tl]([Cl])[n]3c(c(C)c(CCC(=O)OC)c3=CC3=NC(=C4)C(C)=C3CCC(=O)OC)=CC1=N2. The summed E-state index contributed by atoms with van der Waals surface area (Å²) in [5.74, 6) is -0.557. The molecule has 0 atom stereocenters. The Kier molecular flexibility index (Phi) is 8.71. The van der Waals surface area contributed by atoms with Gasteiger partial charge in [-0.2, -0.15) is 0 Å². The molecule has 2 aromatic rings. The van der Waals surface area contributed by atoms with Gasteiger partial charge in [-0.05, 0) is 0 Å². The molecule has 0 N–H and O–H groups in total. The molecule has 2 aromatic heterocycles. The zero-order valence-corrected chi connectivity index (χ0v) is 32.3. The molecule has 0 spiro atoms. The van der Waals surface area contributed by atoms with Crippen LogP contribution in [-0.2, 0) is 25.5 Å². The number of aromatic nitrogens is 2. The van der Waals surface area contributed by atoms with Gasteiger partial charge in [0, 0.05) is 0 Å². The maximum absolute atomic E-state index is 12.4. The van der Waals surface area contributed by atoms with E-state index in [9.17, 15) is 9.59 Å². The normalized spacial score (nSPS) is 16.2. The van der Waals surface area contributed by atoms with Crippen LogP contribution in [0.25, 0.3) is 30.4 Å². The molecular formula is C36H36ClN4O4Tl. The molecule has 6 bridgehead atoms. The van der Waals surface area contributed by atoms with Gasteiger partial charge in [0.05, 0.1) is 0 Å². The number of fused-ring (bicyclic) bond motifs is 2. The Morgan fingerprint density at radius 1 is 0.804 bits per heavy atom. The molecule has 0 fully saturated rings. The number of rotatable bonds is 8. The van der Waals surface area contributed by atoms with Gasteiger partial charge in [0.15, 0.2) is 0 Å². The van der Waals surface area contributed by atoms with Crippen molar-refractivity contribution in [3.63, 3.8) is 0 Å². The molecule has 0 amide bonds. The van der Waals surface area contributed by atoms with Crippen molar-refractivity contribution in [1.29, 1.82) is 0 Å². The summed E-state index contributed by atoms with van der Waals surface area (Å²) in [5, 5.41) is 1.89. The van der Waals surface area contributed by atoms with E-state index < -0.39 is 22.1 Å². The van der Waals surface area contributed by atoms with Crippen molar-refractivity contribution in [1.82, 2.24) is 4.75 Å². The summed E-state index contributed by atoms with van der Waals surface area (Å²) in [6.45, 7) is 16.6. The molecule has 4 aliphatic heterocycles. The van der Waals surface area contributed by atoms with E-state index >= 15 is 0 Å². The number of esters is 2. The summed E-state index contributed by atoms with van der Waals surface area (Å²) in [4.78, 5) is 35.0. The van der Waals surface area contributed by atoms with Crippen LogP contribution in [0.4, 0.5) is 0 Å². The van der Waals surface area contributed by atoms with E-state index in [1.807, 2.05) is 12.2 Å². The summed E-state index contributed by atoms with van der Waals surface area (Å²) in [6.07, 6.45) is 13.6. The van der Waals surface area contributed by atoms with Gasteiger partial charge in [-0.3, -0.25) is 0 Å². The van der Waals surface area contributed by atoms with Crippen molar-refractivity contribution in [2.75, 3.05) is 14.2 Å². The molecule has 0 saturated carbocycles. The number of hydrogen-bond acceptors (Lipinski definition) is 6. The van der Waals surface area contributed by atoms with E-state index in [0.717, 1.165) is 89.4 Å². The molecule has 0 unspecified atom stereocenters. The van der Waals surface area contributed by atoms with E-state index in [0.29, 0.717) is 12.8 Å². The van der Waals surface area contributed by atoms with Crippen molar-refractivity contribution in [3.8, 4) is 0 Å². The fourth-order valence-corrected chi connectivity index (χ4v) is 18.8. The topological polar surface area (TPSA) is 87.2 Å². The van der Waals surface area contributed by atoms with E-state index in [1.165, 1.54) is 14.2 Å². The number of aliphatic imine (C=N–C) groups is 2. The van der Waals surface area contributed by atoms with Crippen molar-refractivity contribution >= 4 is 84.1 Å². The van der Waals surface area contributed by atoms with Crippen LogP contribution in [0, 0.1) is 13.8 Å². The fourth-order valence-electron chi connectivity index (χ4n) is 6.87. The summed E-state index contributed by atoms with van der Waals surface area (Å²) >= 11 is -3.78. The molecule has 6 rings (SSSR count). The minimum absolute atomic E-state index is 0.219. The molecule has 234 valence electrons. The van der Waals surface area contributed by atoms with Gasteiger partial charge < -0.3 is 0 Å². The van der Waals surface area contributed by atoms with E-state index in [1.54, 1.807) is 0 Å².